The molecule has 0 saturated heterocycles. The summed E-state index contributed by atoms with van der Waals surface area (Å²) in [5.41, 5.74) is 0. The Labute approximate surface area is 159 Å². The molecule has 0 aliphatic heterocycles. The third-order valence-electron chi connectivity index (χ3n) is 4.01. The number of para-hydroxylation sites is 1. The minimum absolute atomic E-state index is 0.863. The summed E-state index contributed by atoms with van der Waals surface area (Å²) in [4.78, 5) is 0. The molecule has 26 heavy (non-hydrogen) atoms. The molecule has 0 aliphatic carbocycles. The lowest BCUT2D eigenvalue weighted by molar-refractivity contribution is 0.304. The van der Waals surface area contributed by atoms with Crippen molar-refractivity contribution in [2.24, 2.45) is 0 Å². The maximum Gasteiger partial charge on any atom is 0.394 e. The van der Waals surface area contributed by atoms with Crippen LogP contribution in [-0.2, 0) is 10.4 Å². The van der Waals surface area contributed by atoms with Crippen molar-refractivity contribution in [3.63, 3.8) is 0 Å². The molecule has 1 rings (SSSR count). The number of ether oxygens (including phenoxy) is 1. The first-order valence-electron chi connectivity index (χ1n) is 9.81. The molecule has 152 valence electrons. The number of rotatable bonds is 14. The van der Waals surface area contributed by atoms with Crippen molar-refractivity contribution in [3.8, 4) is 5.75 Å². The molecule has 0 aliphatic rings. The monoisotopic (exact) mass is 388 g/mol. The summed E-state index contributed by atoms with van der Waals surface area (Å²) in [5, 5.41) is 0. The van der Waals surface area contributed by atoms with Crippen LogP contribution in [0.5, 0.6) is 5.75 Å². The molecule has 0 spiro atoms. The van der Waals surface area contributed by atoms with Gasteiger partial charge in [0, 0.05) is 0 Å². The highest BCUT2D eigenvalue weighted by Gasteiger charge is 1.94. The first-order chi connectivity index (χ1) is 12.4. The van der Waals surface area contributed by atoms with E-state index in [1.165, 1.54) is 77.0 Å². The lowest BCUT2D eigenvalue weighted by atomic mass is 10.1. The van der Waals surface area contributed by atoms with Crippen molar-refractivity contribution in [2.75, 3.05) is 6.61 Å². The van der Waals surface area contributed by atoms with Crippen LogP contribution in [0.25, 0.3) is 0 Å². The molecule has 1 aromatic carbocycles. The van der Waals surface area contributed by atoms with Gasteiger partial charge in [-0.05, 0) is 18.6 Å². The van der Waals surface area contributed by atoms with Crippen LogP contribution >= 0.6 is 0 Å². The average Bonchev–Trinajstić information content (AvgIpc) is 2.58. The maximum atomic E-state index is 8.74. The minimum Gasteiger partial charge on any atom is -0.494 e. The maximum absolute atomic E-state index is 8.74. The van der Waals surface area contributed by atoms with Crippen molar-refractivity contribution in [2.45, 2.75) is 84.0 Å². The van der Waals surface area contributed by atoms with Gasteiger partial charge in [-0.3, -0.25) is 9.11 Å². The fourth-order valence-electron chi connectivity index (χ4n) is 2.65. The molecule has 0 unspecified atom stereocenters. The molecule has 5 nitrogen and oxygen atoms in total. The Balaban J connectivity index is 0.00000110. The van der Waals surface area contributed by atoms with Crippen molar-refractivity contribution in [1.29, 1.82) is 0 Å². The number of hydrogen-bond acceptors (Lipinski definition) is 3. The third kappa shape index (κ3) is 22.9. The largest absolute Gasteiger partial charge is 0.494 e. The minimum atomic E-state index is -4.67. The van der Waals surface area contributed by atoms with Crippen molar-refractivity contribution < 1.29 is 22.3 Å². The van der Waals surface area contributed by atoms with Gasteiger partial charge in [-0.15, -0.1) is 0 Å². The van der Waals surface area contributed by atoms with Crippen LogP contribution in [-0.4, -0.2) is 24.1 Å². The SMILES string of the molecule is CCCCCCCCCCCCCCOc1ccccc1.O=S(=O)(O)O. The van der Waals surface area contributed by atoms with Gasteiger partial charge in [0.25, 0.3) is 0 Å². The molecule has 0 fully saturated rings. The molecule has 0 saturated carbocycles. The summed E-state index contributed by atoms with van der Waals surface area (Å²) in [6, 6.07) is 10.1. The summed E-state index contributed by atoms with van der Waals surface area (Å²) in [5.74, 6) is 1.00. The fourth-order valence-corrected chi connectivity index (χ4v) is 2.65. The van der Waals surface area contributed by atoms with Crippen LogP contribution < -0.4 is 4.74 Å². The Kier molecular flexibility index (Phi) is 16.6. The first kappa shape index (κ1) is 24.9. The Bertz CT molecular complexity index is 494. The molecule has 0 atom stereocenters. The Morgan fingerprint density at radius 3 is 1.54 bits per heavy atom. The quantitative estimate of drug-likeness (QED) is 0.296. The number of benzene rings is 1. The molecule has 0 amide bonds. The van der Waals surface area contributed by atoms with Crippen molar-refractivity contribution in [1.82, 2.24) is 0 Å². The summed E-state index contributed by atoms with van der Waals surface area (Å²) in [7, 11) is -4.67. The normalized spacial score (nSPS) is 10.9. The number of hydrogen-bond donors (Lipinski definition) is 2. The Morgan fingerprint density at radius 2 is 1.12 bits per heavy atom. The van der Waals surface area contributed by atoms with Crippen LogP contribution in [0.4, 0.5) is 0 Å². The van der Waals surface area contributed by atoms with Crippen LogP contribution in [0.3, 0.4) is 0 Å². The topological polar surface area (TPSA) is 83.8 Å². The zero-order valence-corrected chi connectivity index (χ0v) is 16.9. The second-order valence-electron chi connectivity index (χ2n) is 6.50. The standard InChI is InChI=1S/C20H34O.H2O4S/c1-2-3-4-5-6-7-8-9-10-11-12-16-19-21-20-17-14-13-15-18-20;1-5(2,3)4/h13-15,17-18H,2-12,16,19H2,1H3;(H2,1,2,3,4). The predicted molar refractivity (Wildman–Crippen MR) is 107 cm³/mol. The molecular weight excluding hydrogens is 352 g/mol. The fraction of sp³-hybridized carbons (Fsp3) is 0.700. The highest BCUT2D eigenvalue weighted by Crippen LogP contribution is 2.13. The van der Waals surface area contributed by atoms with Gasteiger partial charge < -0.3 is 4.74 Å². The van der Waals surface area contributed by atoms with Crippen LogP contribution in [0, 0.1) is 0 Å². The van der Waals surface area contributed by atoms with Gasteiger partial charge in [-0.1, -0.05) is 95.8 Å². The van der Waals surface area contributed by atoms with Gasteiger partial charge in [0.2, 0.25) is 0 Å². The highest BCUT2D eigenvalue weighted by molar-refractivity contribution is 7.79. The van der Waals surface area contributed by atoms with E-state index in [2.05, 4.69) is 6.92 Å². The summed E-state index contributed by atoms with van der Waals surface area (Å²) >= 11 is 0. The van der Waals surface area contributed by atoms with Crippen molar-refractivity contribution >= 4 is 10.4 Å². The Morgan fingerprint density at radius 1 is 0.731 bits per heavy atom. The second kappa shape index (κ2) is 17.3. The smallest absolute Gasteiger partial charge is 0.394 e. The second-order valence-corrected chi connectivity index (χ2v) is 7.39. The van der Waals surface area contributed by atoms with E-state index in [0.29, 0.717) is 0 Å². The summed E-state index contributed by atoms with van der Waals surface area (Å²) < 4.78 is 37.3. The zero-order valence-electron chi connectivity index (χ0n) is 16.1. The molecule has 0 aromatic heterocycles. The van der Waals surface area contributed by atoms with Gasteiger partial charge in [-0.25, -0.2) is 0 Å². The molecule has 6 heteroatoms. The highest BCUT2D eigenvalue weighted by atomic mass is 32.3. The third-order valence-corrected chi connectivity index (χ3v) is 4.01. The van der Waals surface area contributed by atoms with E-state index in [9.17, 15) is 0 Å². The predicted octanol–water partition coefficient (Wildman–Crippen LogP) is 6.11. The molecule has 0 bridgehead atoms. The zero-order chi connectivity index (χ0) is 19.5. The van der Waals surface area contributed by atoms with Gasteiger partial charge in [0.05, 0.1) is 6.61 Å². The van der Waals surface area contributed by atoms with Gasteiger partial charge in [-0.2, -0.15) is 8.42 Å². The van der Waals surface area contributed by atoms with E-state index < -0.39 is 10.4 Å². The van der Waals surface area contributed by atoms with E-state index in [4.69, 9.17) is 22.3 Å². The van der Waals surface area contributed by atoms with E-state index in [0.717, 1.165) is 12.4 Å². The van der Waals surface area contributed by atoms with Crippen LogP contribution in [0.1, 0.15) is 84.0 Å². The van der Waals surface area contributed by atoms with Crippen LogP contribution in [0.2, 0.25) is 0 Å². The molecule has 1 aromatic rings. The summed E-state index contributed by atoms with van der Waals surface area (Å²) in [6.07, 6.45) is 16.7. The van der Waals surface area contributed by atoms with E-state index >= 15 is 0 Å². The van der Waals surface area contributed by atoms with Crippen molar-refractivity contribution in [3.05, 3.63) is 30.3 Å². The van der Waals surface area contributed by atoms with Gasteiger partial charge in [0.1, 0.15) is 5.75 Å². The molecular formula is C20H36O5S. The lowest BCUT2D eigenvalue weighted by Gasteiger charge is -2.05. The first-order valence-corrected chi connectivity index (χ1v) is 11.2. The number of unbranched alkanes of at least 4 members (excludes halogenated alkanes) is 11. The van der Waals surface area contributed by atoms with E-state index in [1.807, 2.05) is 30.3 Å². The lowest BCUT2D eigenvalue weighted by Crippen LogP contribution is -1.96. The van der Waals surface area contributed by atoms with Gasteiger partial charge in [0.15, 0.2) is 0 Å². The molecule has 0 radical (unpaired) electrons. The molecule has 2 N–H and O–H groups in total. The average molecular weight is 389 g/mol. The summed E-state index contributed by atoms with van der Waals surface area (Å²) in [6.45, 7) is 3.15. The van der Waals surface area contributed by atoms with E-state index in [-0.39, 0.29) is 0 Å². The Hall–Kier alpha value is -1.11. The van der Waals surface area contributed by atoms with E-state index in [1.54, 1.807) is 0 Å². The van der Waals surface area contributed by atoms with Gasteiger partial charge >= 0.3 is 10.4 Å². The molecule has 0 heterocycles. The van der Waals surface area contributed by atoms with Crippen LogP contribution in [0.15, 0.2) is 30.3 Å².